The largest absolute Gasteiger partial charge is 0.394 e. The summed E-state index contributed by atoms with van der Waals surface area (Å²) in [5.41, 5.74) is 5.22. The average molecular weight is 369 g/mol. The molecule has 0 atom stereocenters. The quantitative estimate of drug-likeness (QED) is 0.403. The molecule has 0 aliphatic carbocycles. The van der Waals surface area contributed by atoms with Gasteiger partial charge in [0.05, 0.1) is 10.6 Å². The van der Waals surface area contributed by atoms with E-state index in [9.17, 15) is 24.5 Å². The number of hydrogen-bond acceptors (Lipinski definition) is 6. The molecule has 0 unspecified atom stereocenters. The number of hydrogen-bond donors (Lipinski definition) is 4. The molecule has 2 heterocycles. The number of aromatic amines is 2. The number of H-pyrrole nitrogens is 2. The van der Waals surface area contributed by atoms with Crippen LogP contribution >= 0.6 is 0 Å². The van der Waals surface area contributed by atoms with Gasteiger partial charge in [-0.25, -0.2) is 0 Å². The van der Waals surface area contributed by atoms with Crippen LogP contribution in [0.15, 0.2) is 70.8 Å². The molecule has 0 fully saturated rings. The Labute approximate surface area is 151 Å². The Morgan fingerprint density at radius 1 is 0.963 bits per heavy atom. The van der Waals surface area contributed by atoms with Gasteiger partial charge in [0, 0.05) is 54.6 Å². The minimum Gasteiger partial charge on any atom is -0.394 e. The fourth-order valence-corrected chi connectivity index (χ4v) is 1.87. The van der Waals surface area contributed by atoms with Crippen molar-refractivity contribution < 1.29 is 9.72 Å². The van der Waals surface area contributed by atoms with Gasteiger partial charge in [0.15, 0.2) is 0 Å². The lowest BCUT2D eigenvalue weighted by atomic mass is 10.2. The van der Waals surface area contributed by atoms with Gasteiger partial charge >= 0.3 is 0 Å². The first-order valence-corrected chi connectivity index (χ1v) is 7.54. The predicted molar refractivity (Wildman–Crippen MR) is 99.6 cm³/mol. The molecule has 3 rings (SSSR count). The molecule has 0 spiro atoms. The fourth-order valence-electron chi connectivity index (χ4n) is 1.87. The standard InChI is InChI=1S/C12H9N3O4.C5H6N2O/c16-11-5-6-13-7-10(11)14-12(17)8-1-3-9(4-2-8)15(18)19;6-4-3-7-2-1-5(4)8/h1-7H,(H,13,16)(H,14,17);1-3H,6H2,(H,7,8). The highest BCUT2D eigenvalue weighted by Crippen LogP contribution is 2.12. The zero-order valence-corrected chi connectivity index (χ0v) is 13.8. The van der Waals surface area contributed by atoms with Crippen molar-refractivity contribution in [1.82, 2.24) is 9.97 Å². The zero-order valence-electron chi connectivity index (χ0n) is 13.8. The number of nitrogens with one attached hydrogen (secondary N) is 3. The second-order valence-electron chi connectivity index (χ2n) is 5.14. The number of non-ortho nitro benzene ring substituents is 1. The van der Waals surface area contributed by atoms with Crippen LogP contribution < -0.4 is 21.9 Å². The summed E-state index contributed by atoms with van der Waals surface area (Å²) in [6.07, 6.45) is 5.82. The first-order chi connectivity index (χ1) is 12.9. The molecule has 0 saturated heterocycles. The van der Waals surface area contributed by atoms with Crippen molar-refractivity contribution in [2.45, 2.75) is 0 Å². The number of nitrogens with zero attached hydrogens (tertiary/aromatic N) is 1. The molecule has 1 aromatic carbocycles. The molecule has 1 amide bonds. The van der Waals surface area contributed by atoms with Crippen molar-refractivity contribution in [1.29, 1.82) is 0 Å². The number of benzene rings is 1. The maximum Gasteiger partial charge on any atom is 0.269 e. The molecule has 3 aromatic rings. The predicted octanol–water partition coefficient (Wildman–Crippen LogP) is 1.49. The minimum atomic E-state index is -0.552. The number of nitrogen functional groups attached to an aromatic ring is 1. The molecule has 0 bridgehead atoms. The number of carbonyl (C=O) groups is 1. The maximum atomic E-state index is 11.8. The highest BCUT2D eigenvalue weighted by Gasteiger charge is 2.10. The number of anilines is 2. The van der Waals surface area contributed by atoms with Gasteiger partial charge in [0.2, 0.25) is 10.9 Å². The van der Waals surface area contributed by atoms with Crippen molar-refractivity contribution in [3.63, 3.8) is 0 Å². The van der Waals surface area contributed by atoms with Crippen LogP contribution in [0, 0.1) is 10.1 Å². The first-order valence-electron chi connectivity index (χ1n) is 7.54. The van der Waals surface area contributed by atoms with Gasteiger partial charge < -0.3 is 21.0 Å². The number of nitro groups is 1. The van der Waals surface area contributed by atoms with Gasteiger partial charge in [-0.3, -0.25) is 24.5 Å². The van der Waals surface area contributed by atoms with Crippen LogP contribution in [0.2, 0.25) is 0 Å². The average Bonchev–Trinajstić information content (AvgIpc) is 2.66. The topological polar surface area (TPSA) is 164 Å². The smallest absolute Gasteiger partial charge is 0.269 e. The lowest BCUT2D eigenvalue weighted by molar-refractivity contribution is -0.384. The molecule has 10 nitrogen and oxygen atoms in total. The van der Waals surface area contributed by atoms with Gasteiger partial charge in [-0.05, 0) is 12.1 Å². The summed E-state index contributed by atoms with van der Waals surface area (Å²) in [6.45, 7) is 0. The molecule has 27 heavy (non-hydrogen) atoms. The number of amides is 1. The highest BCUT2D eigenvalue weighted by molar-refractivity contribution is 6.04. The lowest BCUT2D eigenvalue weighted by Crippen LogP contribution is -2.17. The summed E-state index contributed by atoms with van der Waals surface area (Å²) in [4.78, 5) is 49.0. The van der Waals surface area contributed by atoms with Crippen LogP contribution in [0.5, 0.6) is 0 Å². The number of rotatable bonds is 3. The van der Waals surface area contributed by atoms with Gasteiger partial charge in [0.25, 0.3) is 11.6 Å². The van der Waals surface area contributed by atoms with E-state index in [4.69, 9.17) is 5.73 Å². The second kappa shape index (κ2) is 8.76. The number of nitro benzene ring substituents is 1. The molecule has 138 valence electrons. The Bertz CT molecular complexity index is 1060. The Morgan fingerprint density at radius 3 is 2.04 bits per heavy atom. The van der Waals surface area contributed by atoms with E-state index in [0.29, 0.717) is 0 Å². The highest BCUT2D eigenvalue weighted by atomic mass is 16.6. The van der Waals surface area contributed by atoms with E-state index in [0.717, 1.165) is 0 Å². The maximum absolute atomic E-state index is 11.8. The van der Waals surface area contributed by atoms with Crippen LogP contribution in [0.25, 0.3) is 0 Å². The fraction of sp³-hybridized carbons (Fsp3) is 0. The summed E-state index contributed by atoms with van der Waals surface area (Å²) >= 11 is 0. The van der Waals surface area contributed by atoms with E-state index < -0.39 is 10.8 Å². The third-order valence-electron chi connectivity index (χ3n) is 3.27. The molecule has 0 saturated carbocycles. The van der Waals surface area contributed by atoms with E-state index >= 15 is 0 Å². The summed E-state index contributed by atoms with van der Waals surface area (Å²) in [6, 6.07) is 7.77. The molecule has 10 heteroatoms. The molecule has 2 aromatic heterocycles. The van der Waals surface area contributed by atoms with E-state index in [-0.39, 0.29) is 33.5 Å². The second-order valence-corrected chi connectivity index (χ2v) is 5.14. The molecule has 0 radical (unpaired) electrons. The van der Waals surface area contributed by atoms with Crippen LogP contribution in [-0.4, -0.2) is 20.8 Å². The number of carbonyl (C=O) groups excluding carboxylic acids is 1. The SMILES string of the molecule is Nc1c[nH]ccc1=O.O=C(Nc1c[nH]ccc1=O)c1ccc([N+](=O)[O-])cc1. The van der Waals surface area contributed by atoms with E-state index in [1.54, 1.807) is 6.20 Å². The molecule has 0 aliphatic rings. The zero-order chi connectivity index (χ0) is 19.8. The van der Waals surface area contributed by atoms with Gasteiger partial charge in [-0.2, -0.15) is 0 Å². The van der Waals surface area contributed by atoms with Crippen molar-refractivity contribution in [2.24, 2.45) is 0 Å². The summed E-state index contributed by atoms with van der Waals surface area (Å²) in [7, 11) is 0. The van der Waals surface area contributed by atoms with Crippen LogP contribution in [0.4, 0.5) is 17.1 Å². The van der Waals surface area contributed by atoms with Crippen LogP contribution in [0.3, 0.4) is 0 Å². The normalized spacial score (nSPS) is 9.63. The first kappa shape index (κ1) is 19.1. The summed E-state index contributed by atoms with van der Waals surface area (Å²) in [5.74, 6) is -0.508. The molecule has 5 N–H and O–H groups in total. The Morgan fingerprint density at radius 2 is 1.56 bits per heavy atom. The number of aromatic nitrogens is 2. The Hall–Kier alpha value is -4.21. The van der Waals surface area contributed by atoms with E-state index in [2.05, 4.69) is 15.3 Å². The summed E-state index contributed by atoms with van der Waals surface area (Å²) < 4.78 is 0. The van der Waals surface area contributed by atoms with Crippen molar-refractivity contribution in [3.8, 4) is 0 Å². The third kappa shape index (κ3) is 5.39. The summed E-state index contributed by atoms with van der Waals surface area (Å²) in [5, 5.41) is 12.9. The Balaban J connectivity index is 0.000000273. The van der Waals surface area contributed by atoms with Gasteiger partial charge in [-0.1, -0.05) is 0 Å². The lowest BCUT2D eigenvalue weighted by Gasteiger charge is -2.03. The number of nitrogens with two attached hydrogens (primary N) is 1. The Kier molecular flexibility index (Phi) is 6.20. The van der Waals surface area contributed by atoms with E-state index in [1.807, 2.05) is 0 Å². The van der Waals surface area contributed by atoms with Crippen molar-refractivity contribution >= 4 is 23.0 Å². The van der Waals surface area contributed by atoms with Gasteiger partial charge in [0.1, 0.15) is 5.69 Å². The molecular weight excluding hydrogens is 354 g/mol. The monoisotopic (exact) mass is 369 g/mol. The van der Waals surface area contributed by atoms with Crippen molar-refractivity contribution in [2.75, 3.05) is 11.1 Å². The van der Waals surface area contributed by atoms with E-state index in [1.165, 1.54) is 55.0 Å². The van der Waals surface area contributed by atoms with Crippen molar-refractivity contribution in [3.05, 3.63) is 97.3 Å². The molecule has 0 aliphatic heterocycles. The molecular formula is C17H15N5O5. The van der Waals surface area contributed by atoms with Crippen LogP contribution in [-0.2, 0) is 0 Å². The minimum absolute atomic E-state index is 0.103. The third-order valence-corrected chi connectivity index (χ3v) is 3.27. The van der Waals surface area contributed by atoms with Gasteiger partial charge in [-0.15, -0.1) is 0 Å². The van der Waals surface area contributed by atoms with Crippen LogP contribution in [0.1, 0.15) is 10.4 Å². The number of pyridine rings is 2.